The summed E-state index contributed by atoms with van der Waals surface area (Å²) >= 11 is 7.59. The van der Waals surface area contributed by atoms with Crippen LogP contribution in [0.1, 0.15) is 46.8 Å². The van der Waals surface area contributed by atoms with E-state index in [0.29, 0.717) is 28.6 Å². The summed E-state index contributed by atoms with van der Waals surface area (Å²) in [5.41, 5.74) is 2.25. The fourth-order valence-corrected chi connectivity index (χ4v) is 5.47. The molecule has 2 N–H and O–H groups in total. The zero-order chi connectivity index (χ0) is 29.2. The molecule has 0 aromatic heterocycles. The summed E-state index contributed by atoms with van der Waals surface area (Å²) in [4.78, 5) is 41.5. The highest BCUT2D eigenvalue weighted by Gasteiger charge is 2.41. The Labute approximate surface area is 243 Å². The molecule has 1 aliphatic rings. The van der Waals surface area contributed by atoms with Crippen LogP contribution >= 0.6 is 23.4 Å². The average molecular weight is 581 g/mol. The van der Waals surface area contributed by atoms with Gasteiger partial charge >= 0.3 is 12.0 Å². The predicted octanol–water partition coefficient (Wildman–Crippen LogP) is 7.05. The largest absolute Gasteiger partial charge is 0.478 e. The molecule has 3 aromatic rings. The first-order valence-electron chi connectivity index (χ1n) is 12.9. The summed E-state index contributed by atoms with van der Waals surface area (Å²) in [5.74, 6) is -1.31. The van der Waals surface area contributed by atoms with Gasteiger partial charge in [-0.2, -0.15) is 0 Å². The maximum absolute atomic E-state index is 13.8. The van der Waals surface area contributed by atoms with Crippen LogP contribution in [-0.4, -0.2) is 52.7 Å². The van der Waals surface area contributed by atoms with Gasteiger partial charge in [0.2, 0.25) is 0 Å². The first-order valence-corrected chi connectivity index (χ1v) is 14.5. The molecule has 2 atom stereocenters. The van der Waals surface area contributed by atoms with Crippen molar-refractivity contribution in [3.63, 3.8) is 0 Å². The standard InChI is InChI=1S/C31H33ClN2O5S/c1-18-14-21(15-19(2)28(18)39-31(3,4)29(36)37)25-16-34(30(38)33-23-10-8-22(32)9-11-23)17-26(25)27(35)20-6-12-24(40-5)13-7-20/h6-15,25-26H,16-17H2,1-5H3,(H,33,38)(H,36,37)/t25?,26-/m0/s1. The number of anilines is 1. The van der Waals surface area contributed by atoms with E-state index in [0.717, 1.165) is 21.6 Å². The summed E-state index contributed by atoms with van der Waals surface area (Å²) in [6.07, 6.45) is 1.98. The third-order valence-corrected chi connectivity index (χ3v) is 8.19. The monoisotopic (exact) mass is 580 g/mol. The van der Waals surface area contributed by atoms with E-state index < -0.39 is 17.5 Å². The van der Waals surface area contributed by atoms with Crippen LogP contribution in [0.25, 0.3) is 0 Å². The topological polar surface area (TPSA) is 95.9 Å². The molecule has 1 saturated heterocycles. The number of rotatable bonds is 8. The highest BCUT2D eigenvalue weighted by Crippen LogP contribution is 2.39. The van der Waals surface area contributed by atoms with Gasteiger partial charge in [0.15, 0.2) is 11.4 Å². The SMILES string of the molecule is CSc1ccc(C(=O)[C@H]2CN(C(=O)Nc3ccc(Cl)cc3)CC2c2cc(C)c(OC(C)(C)C(=O)O)c(C)c2)cc1. The van der Waals surface area contributed by atoms with Crippen LogP contribution in [0.4, 0.5) is 10.5 Å². The third-order valence-electron chi connectivity index (χ3n) is 7.20. The maximum Gasteiger partial charge on any atom is 0.347 e. The molecule has 0 spiro atoms. The average Bonchev–Trinajstić information content (AvgIpc) is 3.37. The Hall–Kier alpha value is -3.49. The number of halogens is 1. The molecule has 0 saturated carbocycles. The summed E-state index contributed by atoms with van der Waals surface area (Å²) < 4.78 is 5.89. The molecule has 9 heteroatoms. The number of carbonyl (C=O) groups excluding carboxylic acids is 2. The number of carboxylic acid groups (broad SMARTS) is 1. The van der Waals surface area contributed by atoms with Gasteiger partial charge in [-0.15, -0.1) is 11.8 Å². The summed E-state index contributed by atoms with van der Waals surface area (Å²) in [5, 5.41) is 13.0. The predicted molar refractivity (Wildman–Crippen MR) is 159 cm³/mol. The van der Waals surface area contributed by atoms with Crippen molar-refractivity contribution in [1.29, 1.82) is 0 Å². The number of nitrogens with one attached hydrogen (secondary N) is 1. The quantitative estimate of drug-likeness (QED) is 0.219. The number of hydrogen-bond donors (Lipinski definition) is 2. The zero-order valence-electron chi connectivity index (χ0n) is 23.2. The molecule has 7 nitrogen and oxygen atoms in total. The first kappa shape index (κ1) is 29.5. The Balaban J connectivity index is 1.66. The molecule has 0 radical (unpaired) electrons. The lowest BCUT2D eigenvalue weighted by molar-refractivity contribution is -0.152. The number of Topliss-reactive ketones (excluding diaryl/α,β-unsaturated/α-hetero) is 1. The van der Waals surface area contributed by atoms with E-state index in [-0.39, 0.29) is 24.3 Å². The zero-order valence-corrected chi connectivity index (χ0v) is 24.7. The molecule has 1 fully saturated rings. The molecule has 2 amide bonds. The van der Waals surface area contributed by atoms with Crippen molar-refractivity contribution in [1.82, 2.24) is 4.90 Å². The van der Waals surface area contributed by atoms with E-state index in [1.54, 1.807) is 40.9 Å². The fraction of sp³-hybridized carbons (Fsp3) is 0.323. The second-order valence-electron chi connectivity index (χ2n) is 10.5. The molecule has 1 aliphatic heterocycles. The number of carboxylic acids is 1. The van der Waals surface area contributed by atoms with Gasteiger partial charge in [-0.1, -0.05) is 35.9 Å². The van der Waals surface area contributed by atoms with Gasteiger partial charge in [0.1, 0.15) is 5.75 Å². The summed E-state index contributed by atoms with van der Waals surface area (Å²) in [6.45, 7) is 7.35. The van der Waals surface area contributed by atoms with E-state index in [2.05, 4.69) is 5.32 Å². The van der Waals surface area contributed by atoms with Crippen LogP contribution in [0.2, 0.25) is 5.02 Å². The van der Waals surface area contributed by atoms with Crippen molar-refractivity contribution in [2.75, 3.05) is 24.7 Å². The van der Waals surface area contributed by atoms with Gasteiger partial charge < -0.3 is 20.1 Å². The highest BCUT2D eigenvalue weighted by molar-refractivity contribution is 7.98. The van der Waals surface area contributed by atoms with Crippen molar-refractivity contribution in [3.05, 3.63) is 87.9 Å². The number of carbonyl (C=O) groups is 3. The number of aliphatic carboxylic acids is 1. The van der Waals surface area contributed by atoms with E-state index in [1.165, 1.54) is 13.8 Å². The van der Waals surface area contributed by atoms with Crippen molar-refractivity contribution >= 4 is 46.8 Å². The van der Waals surface area contributed by atoms with E-state index in [1.807, 2.05) is 56.5 Å². The lowest BCUT2D eigenvalue weighted by atomic mass is 9.82. The van der Waals surface area contributed by atoms with Gasteiger partial charge in [0.25, 0.3) is 0 Å². The minimum absolute atomic E-state index is 0.0258. The van der Waals surface area contributed by atoms with Crippen molar-refractivity contribution in [2.45, 2.75) is 44.1 Å². The number of ketones is 1. The fourth-order valence-electron chi connectivity index (χ4n) is 4.94. The lowest BCUT2D eigenvalue weighted by Gasteiger charge is -2.26. The third kappa shape index (κ3) is 6.45. The summed E-state index contributed by atoms with van der Waals surface area (Å²) in [6, 6.07) is 18.0. The van der Waals surface area contributed by atoms with Gasteiger partial charge in [-0.3, -0.25) is 4.79 Å². The Morgan fingerprint density at radius 1 is 1.00 bits per heavy atom. The van der Waals surface area contributed by atoms with E-state index in [9.17, 15) is 19.5 Å². The number of urea groups is 1. The van der Waals surface area contributed by atoms with Crippen LogP contribution < -0.4 is 10.1 Å². The van der Waals surface area contributed by atoms with E-state index >= 15 is 0 Å². The molecule has 4 rings (SSSR count). The minimum Gasteiger partial charge on any atom is -0.478 e. The highest BCUT2D eigenvalue weighted by atomic mass is 35.5. The van der Waals surface area contributed by atoms with Crippen LogP contribution in [0.15, 0.2) is 65.6 Å². The molecular weight excluding hydrogens is 548 g/mol. The van der Waals surface area contributed by atoms with Gasteiger partial charge in [0.05, 0.1) is 0 Å². The van der Waals surface area contributed by atoms with Crippen molar-refractivity contribution < 1.29 is 24.2 Å². The number of ether oxygens (including phenoxy) is 1. The smallest absolute Gasteiger partial charge is 0.347 e. The summed E-state index contributed by atoms with van der Waals surface area (Å²) in [7, 11) is 0. The first-order chi connectivity index (χ1) is 18.9. The Morgan fingerprint density at radius 2 is 1.60 bits per heavy atom. The molecule has 1 heterocycles. The number of likely N-dealkylation sites (tertiary alicyclic amines) is 1. The lowest BCUT2D eigenvalue weighted by Crippen LogP contribution is -2.38. The molecule has 40 heavy (non-hydrogen) atoms. The van der Waals surface area contributed by atoms with Crippen molar-refractivity contribution in [2.24, 2.45) is 5.92 Å². The normalized spacial score (nSPS) is 17.0. The number of nitrogens with zero attached hydrogens (tertiary/aromatic N) is 1. The van der Waals surface area contributed by atoms with Gasteiger partial charge in [0, 0.05) is 46.1 Å². The maximum atomic E-state index is 13.8. The molecule has 3 aromatic carbocycles. The molecule has 0 aliphatic carbocycles. The minimum atomic E-state index is -1.40. The number of hydrogen-bond acceptors (Lipinski definition) is 5. The number of amides is 2. The molecule has 1 unspecified atom stereocenters. The van der Waals surface area contributed by atoms with Crippen molar-refractivity contribution in [3.8, 4) is 5.75 Å². The molecular formula is C31H33ClN2O5S. The Bertz CT molecular complexity index is 1400. The number of benzene rings is 3. The second-order valence-corrected chi connectivity index (χ2v) is 11.9. The Kier molecular flexibility index (Phi) is 8.80. The van der Waals surface area contributed by atoms with Gasteiger partial charge in [-0.05, 0) is 87.0 Å². The van der Waals surface area contributed by atoms with Crippen LogP contribution in [0.3, 0.4) is 0 Å². The molecule has 210 valence electrons. The van der Waals surface area contributed by atoms with E-state index in [4.69, 9.17) is 16.3 Å². The molecule has 0 bridgehead atoms. The number of thioether (sulfide) groups is 1. The number of aryl methyl sites for hydroxylation is 2. The van der Waals surface area contributed by atoms with Crippen LogP contribution in [0.5, 0.6) is 5.75 Å². The van der Waals surface area contributed by atoms with Crippen LogP contribution in [-0.2, 0) is 4.79 Å². The van der Waals surface area contributed by atoms with Gasteiger partial charge in [-0.25, -0.2) is 9.59 Å². The van der Waals surface area contributed by atoms with Crippen LogP contribution in [0, 0.1) is 19.8 Å². The second kappa shape index (κ2) is 11.9. The Morgan fingerprint density at radius 3 is 2.15 bits per heavy atom.